The predicted octanol–water partition coefficient (Wildman–Crippen LogP) is 5.56. The lowest BCUT2D eigenvalue weighted by atomic mass is 9.96. The fraction of sp³-hybridized carbons (Fsp3) is 0.737. The van der Waals surface area contributed by atoms with Crippen LogP contribution in [0.15, 0.2) is 6.07 Å². The third-order valence-corrected chi connectivity index (χ3v) is 11.2. The predicted molar refractivity (Wildman–Crippen MR) is 113 cm³/mol. The van der Waals surface area contributed by atoms with Gasteiger partial charge in [0.25, 0.3) is 0 Å². The van der Waals surface area contributed by atoms with Crippen LogP contribution in [-0.4, -0.2) is 32.6 Å². The van der Waals surface area contributed by atoms with Crippen LogP contribution in [-0.2, 0) is 15.7 Å². The highest BCUT2D eigenvalue weighted by molar-refractivity contribution is 14.1. The zero-order valence-corrected chi connectivity index (χ0v) is 19.6. The van der Waals surface area contributed by atoms with Crippen LogP contribution in [0, 0.1) is 3.57 Å². The van der Waals surface area contributed by atoms with E-state index in [2.05, 4.69) is 61.0 Å². The number of esters is 1. The van der Waals surface area contributed by atoms with E-state index in [4.69, 9.17) is 9.16 Å². The summed E-state index contributed by atoms with van der Waals surface area (Å²) >= 11 is 2.37. The Balaban J connectivity index is 2.16. The van der Waals surface area contributed by atoms with Crippen LogP contribution in [0.5, 0.6) is 0 Å². The van der Waals surface area contributed by atoms with Gasteiger partial charge >= 0.3 is 5.97 Å². The molecule has 0 bridgehead atoms. The fourth-order valence-corrected chi connectivity index (χ4v) is 5.30. The number of halogens is 1. The smallest absolute Gasteiger partial charge is 0.354 e. The van der Waals surface area contributed by atoms with Crippen molar-refractivity contribution in [3.63, 3.8) is 0 Å². The summed E-state index contributed by atoms with van der Waals surface area (Å²) in [5, 5.41) is 0.239. The second-order valence-corrected chi connectivity index (χ2v) is 14.5. The lowest BCUT2D eigenvalue weighted by Gasteiger charge is -2.36. The van der Waals surface area contributed by atoms with E-state index < -0.39 is 8.32 Å². The molecule has 142 valence electrons. The van der Waals surface area contributed by atoms with Crippen molar-refractivity contribution in [3.05, 3.63) is 21.0 Å². The Morgan fingerprint density at radius 1 is 1.36 bits per heavy atom. The second-order valence-electron chi connectivity index (χ2n) is 8.50. The van der Waals surface area contributed by atoms with E-state index in [1.54, 1.807) is 0 Å². The zero-order chi connectivity index (χ0) is 18.8. The van der Waals surface area contributed by atoms with Crippen LogP contribution in [0.3, 0.4) is 0 Å². The van der Waals surface area contributed by atoms with Crippen molar-refractivity contribution in [2.24, 2.45) is 0 Å². The molecule has 0 N–H and O–H groups in total. The second kappa shape index (κ2) is 8.13. The first-order valence-electron chi connectivity index (χ1n) is 9.19. The highest BCUT2D eigenvalue weighted by Gasteiger charge is 2.37. The van der Waals surface area contributed by atoms with E-state index in [-0.39, 0.29) is 11.0 Å². The van der Waals surface area contributed by atoms with Gasteiger partial charge in [0.1, 0.15) is 5.69 Å². The Morgan fingerprint density at radius 2 is 2.04 bits per heavy atom. The van der Waals surface area contributed by atoms with E-state index in [1.807, 2.05) is 6.07 Å². The summed E-state index contributed by atoms with van der Waals surface area (Å²) in [6.07, 6.45) is 4.50. The number of ether oxygens (including phenoxy) is 1. The Morgan fingerprint density at radius 3 is 2.64 bits per heavy atom. The summed E-state index contributed by atoms with van der Waals surface area (Å²) < 4.78 is 14.7. The Labute approximate surface area is 166 Å². The largest absolute Gasteiger partial charge is 0.464 e. The minimum Gasteiger partial charge on any atom is -0.464 e. The number of carbonyl (C=O) groups excluding carboxylic acids is 1. The molecule has 1 aliphatic heterocycles. The quantitative estimate of drug-likeness (QED) is 0.317. The summed E-state index contributed by atoms with van der Waals surface area (Å²) in [5.41, 5.74) is 2.00. The maximum Gasteiger partial charge on any atom is 0.354 e. The van der Waals surface area contributed by atoms with Crippen LogP contribution in [0.2, 0.25) is 18.1 Å². The van der Waals surface area contributed by atoms with E-state index in [9.17, 15) is 4.79 Å². The van der Waals surface area contributed by atoms with Gasteiger partial charge in [-0.1, -0.05) is 27.2 Å². The Kier molecular flexibility index (Phi) is 6.81. The van der Waals surface area contributed by atoms with Gasteiger partial charge in [-0.15, -0.1) is 0 Å². The van der Waals surface area contributed by atoms with E-state index in [1.165, 1.54) is 29.2 Å². The summed E-state index contributed by atoms with van der Waals surface area (Å²) in [7, 11) is -0.254. The number of hydrogen-bond acceptors (Lipinski definition) is 3. The first kappa shape index (κ1) is 21.0. The molecule has 0 aliphatic carbocycles. The topological polar surface area (TPSA) is 40.5 Å². The number of fused-ring (bicyclic) bond motifs is 1. The van der Waals surface area contributed by atoms with Gasteiger partial charge in [-0.25, -0.2) is 4.79 Å². The Hall–Kier alpha value is -0.343. The van der Waals surface area contributed by atoms with Crippen molar-refractivity contribution in [2.45, 2.75) is 77.0 Å². The van der Waals surface area contributed by atoms with E-state index in [0.29, 0.717) is 11.6 Å². The molecule has 0 fully saturated rings. The lowest BCUT2D eigenvalue weighted by molar-refractivity contribution is 0.0588. The average molecular weight is 477 g/mol. The minimum atomic E-state index is -1.71. The minimum absolute atomic E-state index is 0.234. The molecule has 0 unspecified atom stereocenters. The molecule has 0 amide bonds. The van der Waals surface area contributed by atoms with Crippen molar-refractivity contribution >= 4 is 36.9 Å². The van der Waals surface area contributed by atoms with Crippen LogP contribution in [0.4, 0.5) is 0 Å². The van der Waals surface area contributed by atoms with Crippen molar-refractivity contribution in [2.75, 3.05) is 13.7 Å². The van der Waals surface area contributed by atoms with Gasteiger partial charge in [0.05, 0.1) is 7.11 Å². The number of aromatic nitrogens is 1. The summed E-state index contributed by atoms with van der Waals surface area (Å²) in [6.45, 7) is 13.2. The van der Waals surface area contributed by atoms with Crippen LogP contribution in [0.1, 0.15) is 68.6 Å². The molecule has 1 aromatic heterocycles. The maximum absolute atomic E-state index is 12.1. The Bertz CT molecular complexity index is 619. The van der Waals surface area contributed by atoms with Crippen molar-refractivity contribution in [1.82, 2.24) is 4.57 Å². The van der Waals surface area contributed by atoms with Gasteiger partial charge in [-0.2, -0.15) is 0 Å². The van der Waals surface area contributed by atoms with Crippen LogP contribution < -0.4 is 0 Å². The molecular weight excluding hydrogens is 445 g/mol. The molecule has 0 aromatic carbocycles. The van der Waals surface area contributed by atoms with Crippen LogP contribution >= 0.6 is 22.6 Å². The molecule has 6 heteroatoms. The highest BCUT2D eigenvalue weighted by atomic mass is 127. The molecule has 0 spiro atoms. The van der Waals surface area contributed by atoms with Gasteiger partial charge in [-0.05, 0) is 66.1 Å². The number of rotatable bonds is 5. The monoisotopic (exact) mass is 477 g/mol. The van der Waals surface area contributed by atoms with Gasteiger partial charge in [0.2, 0.25) is 0 Å². The lowest BCUT2D eigenvalue weighted by Crippen LogP contribution is -2.41. The molecule has 2 rings (SSSR count). The average Bonchev–Trinajstić information content (AvgIpc) is 2.70. The molecule has 1 aliphatic rings. The molecule has 0 radical (unpaired) electrons. The highest BCUT2D eigenvalue weighted by Crippen LogP contribution is 2.38. The zero-order valence-electron chi connectivity index (χ0n) is 16.4. The molecule has 1 atom stereocenters. The first-order chi connectivity index (χ1) is 11.6. The SMILES string of the molecule is COC(=O)c1cc(I)c2n1CCCC[C@@H]2CCO[Si](C)(C)C(C)(C)C. The van der Waals surface area contributed by atoms with Gasteiger partial charge in [-0.3, -0.25) is 0 Å². The third kappa shape index (κ3) is 4.69. The van der Waals surface area contributed by atoms with Crippen molar-refractivity contribution < 1.29 is 14.0 Å². The van der Waals surface area contributed by atoms with Crippen LogP contribution in [0.25, 0.3) is 0 Å². The number of hydrogen-bond donors (Lipinski definition) is 0. The van der Waals surface area contributed by atoms with E-state index in [0.717, 1.165) is 26.0 Å². The van der Waals surface area contributed by atoms with Crippen molar-refractivity contribution in [1.29, 1.82) is 0 Å². The number of methoxy groups -OCH3 is 1. The maximum atomic E-state index is 12.1. The van der Waals surface area contributed by atoms with Crippen molar-refractivity contribution in [3.8, 4) is 0 Å². The molecule has 1 aromatic rings. The van der Waals surface area contributed by atoms with Gasteiger partial charge in [0.15, 0.2) is 8.32 Å². The molecule has 0 saturated carbocycles. The molecular formula is C19H32INO3Si. The number of carbonyl (C=O) groups is 1. The normalized spacial score (nSPS) is 18.6. The molecule has 0 saturated heterocycles. The molecule has 4 nitrogen and oxygen atoms in total. The third-order valence-electron chi connectivity index (χ3n) is 5.79. The number of nitrogens with zero attached hydrogens (tertiary/aromatic N) is 1. The summed E-state index contributed by atoms with van der Waals surface area (Å²) in [5.74, 6) is 0.222. The van der Waals surface area contributed by atoms with E-state index >= 15 is 0 Å². The molecule has 2 heterocycles. The fourth-order valence-electron chi connectivity index (χ4n) is 3.21. The van der Waals surface area contributed by atoms with Gasteiger partial charge in [0, 0.05) is 28.3 Å². The van der Waals surface area contributed by atoms with Gasteiger partial charge < -0.3 is 13.7 Å². The summed E-state index contributed by atoms with van der Waals surface area (Å²) in [6, 6.07) is 1.98. The molecule has 25 heavy (non-hydrogen) atoms. The standard InChI is InChI=1S/C19H32INO3Si/c1-19(2,3)25(5,6)24-12-10-14-9-7-8-11-21-16(18(22)23-4)13-15(20)17(14)21/h13-14H,7-12H2,1-6H3/t14-/m1/s1. The first-order valence-corrected chi connectivity index (χ1v) is 13.2. The summed E-state index contributed by atoms with van der Waals surface area (Å²) in [4.78, 5) is 12.1.